The third kappa shape index (κ3) is 4.51. The Hall–Kier alpha value is -2.61. The van der Waals surface area contributed by atoms with E-state index in [2.05, 4.69) is 21.2 Å². The summed E-state index contributed by atoms with van der Waals surface area (Å²) >= 11 is 3.38. The number of carbonyl (C=O) groups excluding carboxylic acids is 1. The lowest BCUT2D eigenvalue weighted by molar-refractivity contribution is -0.384. The highest BCUT2D eigenvalue weighted by molar-refractivity contribution is 9.10. The molecule has 0 aliphatic rings. The molecule has 0 heterocycles. The number of benzene rings is 2. The first-order valence-corrected chi connectivity index (χ1v) is 8.73. The van der Waals surface area contributed by atoms with Gasteiger partial charge in [0.1, 0.15) is 5.69 Å². The van der Waals surface area contributed by atoms with Crippen LogP contribution < -0.4 is 14.8 Å². The maximum atomic E-state index is 12.6. The second kappa shape index (κ2) is 8.66. The summed E-state index contributed by atoms with van der Waals surface area (Å²) in [6, 6.07) is 7.74. The molecule has 0 spiro atoms. The van der Waals surface area contributed by atoms with Crippen LogP contribution in [0.15, 0.2) is 34.8 Å². The monoisotopic (exact) mass is 422 g/mol. The Bertz CT molecular complexity index is 839. The fraction of sp³-hybridized carbons (Fsp3) is 0.278. The Morgan fingerprint density at radius 3 is 2.65 bits per heavy atom. The molecule has 0 fully saturated rings. The summed E-state index contributed by atoms with van der Waals surface area (Å²) in [5.41, 5.74) is 0.989. The van der Waals surface area contributed by atoms with Gasteiger partial charge in [-0.05, 0) is 53.0 Å². The number of halogens is 1. The number of amides is 1. The van der Waals surface area contributed by atoms with Crippen LogP contribution in [0.25, 0.3) is 0 Å². The number of methoxy groups -OCH3 is 1. The fourth-order valence-corrected chi connectivity index (χ4v) is 2.84. The van der Waals surface area contributed by atoms with Crippen molar-refractivity contribution < 1.29 is 19.2 Å². The van der Waals surface area contributed by atoms with Crippen molar-refractivity contribution in [2.45, 2.75) is 20.3 Å². The van der Waals surface area contributed by atoms with Gasteiger partial charge in [-0.2, -0.15) is 0 Å². The first-order chi connectivity index (χ1) is 12.4. The van der Waals surface area contributed by atoms with E-state index in [4.69, 9.17) is 9.47 Å². The minimum atomic E-state index is -0.527. The third-order valence-electron chi connectivity index (χ3n) is 3.54. The Balaban J connectivity index is 2.33. The van der Waals surface area contributed by atoms with Gasteiger partial charge < -0.3 is 14.8 Å². The second-order valence-corrected chi connectivity index (χ2v) is 6.42. The standard InChI is InChI=1S/C18H19BrN2O5/c1-4-7-26-17-13(19)9-12(10-16(17)25-3)18(22)20-14-6-5-11(2)8-15(14)21(23)24/h5-6,8-10H,4,7H2,1-3H3,(H,20,22). The van der Waals surface area contributed by atoms with E-state index >= 15 is 0 Å². The van der Waals surface area contributed by atoms with Crippen molar-refractivity contribution in [3.05, 3.63) is 56.0 Å². The van der Waals surface area contributed by atoms with Gasteiger partial charge in [-0.25, -0.2) is 0 Å². The van der Waals surface area contributed by atoms with Gasteiger partial charge in [-0.3, -0.25) is 14.9 Å². The van der Waals surface area contributed by atoms with Crippen LogP contribution in [0.3, 0.4) is 0 Å². The Morgan fingerprint density at radius 2 is 2.04 bits per heavy atom. The molecule has 26 heavy (non-hydrogen) atoms. The largest absolute Gasteiger partial charge is 0.493 e. The number of rotatable bonds is 7. The zero-order valence-electron chi connectivity index (χ0n) is 14.7. The molecule has 2 rings (SSSR count). The van der Waals surface area contributed by atoms with Crippen molar-refractivity contribution in [1.29, 1.82) is 0 Å². The van der Waals surface area contributed by atoms with Crippen LogP contribution in [0.5, 0.6) is 11.5 Å². The number of hydrogen-bond acceptors (Lipinski definition) is 5. The third-order valence-corrected chi connectivity index (χ3v) is 4.13. The normalized spacial score (nSPS) is 10.3. The number of anilines is 1. The summed E-state index contributed by atoms with van der Waals surface area (Å²) in [7, 11) is 1.48. The van der Waals surface area contributed by atoms with Gasteiger partial charge in [0, 0.05) is 11.6 Å². The Kier molecular flexibility index (Phi) is 6.57. The van der Waals surface area contributed by atoms with Crippen LogP contribution in [-0.2, 0) is 0 Å². The summed E-state index contributed by atoms with van der Waals surface area (Å²) in [4.78, 5) is 23.2. The highest BCUT2D eigenvalue weighted by Crippen LogP contribution is 2.37. The van der Waals surface area contributed by atoms with E-state index in [0.29, 0.717) is 22.6 Å². The summed E-state index contributed by atoms with van der Waals surface area (Å²) < 4.78 is 11.5. The molecule has 0 aliphatic carbocycles. The zero-order valence-corrected chi connectivity index (χ0v) is 16.3. The van der Waals surface area contributed by atoms with Gasteiger partial charge in [0.25, 0.3) is 11.6 Å². The molecule has 8 heteroatoms. The Labute approximate surface area is 159 Å². The lowest BCUT2D eigenvalue weighted by Gasteiger charge is -2.14. The average Bonchev–Trinajstić information content (AvgIpc) is 2.61. The number of carbonyl (C=O) groups is 1. The first-order valence-electron chi connectivity index (χ1n) is 7.94. The number of nitro benzene ring substituents is 1. The molecule has 0 aliphatic heterocycles. The smallest absolute Gasteiger partial charge is 0.293 e. The Morgan fingerprint density at radius 1 is 1.31 bits per heavy atom. The van der Waals surface area contributed by atoms with Crippen LogP contribution >= 0.6 is 15.9 Å². The molecule has 0 atom stereocenters. The van der Waals surface area contributed by atoms with E-state index in [1.807, 2.05) is 6.92 Å². The topological polar surface area (TPSA) is 90.7 Å². The van der Waals surface area contributed by atoms with Crippen molar-refractivity contribution in [3.8, 4) is 11.5 Å². The molecule has 0 aromatic heterocycles. The van der Waals surface area contributed by atoms with Crippen molar-refractivity contribution in [1.82, 2.24) is 0 Å². The highest BCUT2D eigenvalue weighted by Gasteiger charge is 2.19. The second-order valence-electron chi connectivity index (χ2n) is 5.57. The number of nitrogens with one attached hydrogen (secondary N) is 1. The van der Waals surface area contributed by atoms with Crippen LogP contribution in [0.2, 0.25) is 0 Å². The van der Waals surface area contributed by atoms with Crippen molar-refractivity contribution >= 4 is 33.2 Å². The molecule has 0 bridgehead atoms. The average molecular weight is 423 g/mol. The van der Waals surface area contributed by atoms with Gasteiger partial charge in [-0.15, -0.1) is 0 Å². The molecule has 0 saturated carbocycles. The molecule has 138 valence electrons. The summed E-state index contributed by atoms with van der Waals surface area (Å²) in [6.45, 7) is 4.24. The molecule has 7 nitrogen and oxygen atoms in total. The van der Waals surface area contributed by atoms with Crippen LogP contribution in [-0.4, -0.2) is 24.5 Å². The summed E-state index contributed by atoms with van der Waals surface area (Å²) in [6.07, 6.45) is 0.828. The van der Waals surface area contributed by atoms with Crippen molar-refractivity contribution in [3.63, 3.8) is 0 Å². The zero-order chi connectivity index (χ0) is 19.3. The van der Waals surface area contributed by atoms with E-state index in [1.165, 1.54) is 25.3 Å². The van der Waals surface area contributed by atoms with E-state index in [-0.39, 0.29) is 16.9 Å². The lowest BCUT2D eigenvalue weighted by atomic mass is 10.1. The SMILES string of the molecule is CCCOc1c(Br)cc(C(=O)Nc2ccc(C)cc2[N+](=O)[O-])cc1OC. The van der Waals surface area contributed by atoms with Crippen molar-refractivity contribution in [2.75, 3.05) is 19.0 Å². The predicted octanol–water partition coefficient (Wildman–Crippen LogP) is 4.72. The van der Waals surface area contributed by atoms with Crippen LogP contribution in [0.1, 0.15) is 29.3 Å². The maximum absolute atomic E-state index is 12.6. The molecule has 2 aromatic rings. The van der Waals surface area contributed by atoms with Crippen molar-refractivity contribution in [2.24, 2.45) is 0 Å². The van der Waals surface area contributed by atoms with E-state index < -0.39 is 10.8 Å². The number of aryl methyl sites for hydroxylation is 1. The molecule has 1 N–H and O–H groups in total. The lowest BCUT2D eigenvalue weighted by Crippen LogP contribution is -2.14. The fourth-order valence-electron chi connectivity index (χ4n) is 2.29. The first kappa shape index (κ1) is 19.7. The minimum Gasteiger partial charge on any atom is -0.493 e. The molecule has 0 unspecified atom stereocenters. The number of hydrogen-bond donors (Lipinski definition) is 1. The molecule has 1 amide bonds. The minimum absolute atomic E-state index is 0.131. The highest BCUT2D eigenvalue weighted by atomic mass is 79.9. The molecular formula is C18H19BrN2O5. The van der Waals surface area contributed by atoms with Gasteiger partial charge in [0.2, 0.25) is 0 Å². The molecule has 2 aromatic carbocycles. The maximum Gasteiger partial charge on any atom is 0.293 e. The predicted molar refractivity (Wildman–Crippen MR) is 102 cm³/mol. The number of ether oxygens (including phenoxy) is 2. The van der Waals surface area contributed by atoms with Crippen LogP contribution in [0.4, 0.5) is 11.4 Å². The van der Waals surface area contributed by atoms with E-state index in [9.17, 15) is 14.9 Å². The summed E-state index contributed by atoms with van der Waals surface area (Å²) in [5, 5.41) is 13.8. The quantitative estimate of drug-likeness (QED) is 0.514. The summed E-state index contributed by atoms with van der Waals surface area (Å²) in [5.74, 6) is 0.418. The van der Waals surface area contributed by atoms with E-state index in [0.717, 1.165) is 12.0 Å². The molecule has 0 saturated heterocycles. The van der Waals surface area contributed by atoms with E-state index in [1.54, 1.807) is 19.1 Å². The van der Waals surface area contributed by atoms with Gasteiger partial charge >= 0.3 is 0 Å². The molecule has 0 radical (unpaired) electrons. The van der Waals surface area contributed by atoms with Gasteiger partial charge in [0.15, 0.2) is 11.5 Å². The van der Waals surface area contributed by atoms with Crippen LogP contribution in [0, 0.1) is 17.0 Å². The number of nitro groups is 1. The van der Waals surface area contributed by atoms with Gasteiger partial charge in [0.05, 0.1) is 23.1 Å². The number of nitrogens with zero attached hydrogens (tertiary/aromatic N) is 1. The molecular weight excluding hydrogens is 404 g/mol. The van der Waals surface area contributed by atoms with Gasteiger partial charge in [-0.1, -0.05) is 13.0 Å².